The maximum Gasteiger partial charge on any atom is 0.271 e. The van der Waals surface area contributed by atoms with Gasteiger partial charge in [0.25, 0.3) is 5.91 Å². The molecule has 190 valence electrons. The molecule has 0 radical (unpaired) electrons. The van der Waals surface area contributed by atoms with E-state index in [-0.39, 0.29) is 5.91 Å². The Bertz CT molecular complexity index is 1220. The zero-order chi connectivity index (χ0) is 25.3. The van der Waals surface area contributed by atoms with Crippen molar-refractivity contribution in [2.75, 3.05) is 50.7 Å². The number of nitrogens with one attached hydrogen (secondary N) is 1. The number of piperazine rings is 2. The number of carbonyl (C=O) groups is 1. The van der Waals surface area contributed by atoms with Crippen LogP contribution in [-0.4, -0.2) is 76.1 Å². The van der Waals surface area contributed by atoms with Crippen molar-refractivity contribution in [3.05, 3.63) is 76.6 Å². The highest BCUT2D eigenvalue weighted by Gasteiger charge is 2.42. The van der Waals surface area contributed by atoms with E-state index in [9.17, 15) is 4.79 Å². The van der Waals surface area contributed by atoms with Gasteiger partial charge in [0.05, 0.1) is 10.7 Å². The van der Waals surface area contributed by atoms with Crippen molar-refractivity contribution in [1.82, 2.24) is 29.7 Å². The number of amides is 1. The molecule has 2 fully saturated rings. The molecule has 0 spiro atoms. The van der Waals surface area contributed by atoms with Gasteiger partial charge in [0, 0.05) is 77.5 Å². The molecule has 1 amide bonds. The fourth-order valence-corrected chi connectivity index (χ4v) is 5.58. The minimum Gasteiger partial charge on any atom is -0.368 e. The van der Waals surface area contributed by atoms with Crippen LogP contribution in [0.4, 0.5) is 5.69 Å². The van der Waals surface area contributed by atoms with Crippen LogP contribution in [0.2, 0.25) is 5.02 Å². The van der Waals surface area contributed by atoms with Gasteiger partial charge in [-0.05, 0) is 43.7 Å². The quantitative estimate of drug-likeness (QED) is 0.572. The van der Waals surface area contributed by atoms with Crippen molar-refractivity contribution in [2.24, 2.45) is 7.05 Å². The SMILES string of the molecule is Cc1c(CN2CCN(c3ccccc3Cl)CC2)cc(C(=O)N2CCNCC2(C)c2ncccn2)n1C. The summed E-state index contributed by atoms with van der Waals surface area (Å²) in [6.07, 6.45) is 3.47. The lowest BCUT2D eigenvalue weighted by atomic mass is 9.95. The van der Waals surface area contributed by atoms with Crippen LogP contribution in [-0.2, 0) is 19.1 Å². The maximum atomic E-state index is 13.9. The van der Waals surface area contributed by atoms with Gasteiger partial charge in [-0.2, -0.15) is 0 Å². The zero-order valence-corrected chi connectivity index (χ0v) is 22.0. The summed E-state index contributed by atoms with van der Waals surface area (Å²) in [7, 11) is 1.99. The van der Waals surface area contributed by atoms with Gasteiger partial charge in [0.2, 0.25) is 0 Å². The highest BCUT2D eigenvalue weighted by Crippen LogP contribution is 2.30. The zero-order valence-electron chi connectivity index (χ0n) is 21.2. The van der Waals surface area contributed by atoms with Gasteiger partial charge in [-0.25, -0.2) is 9.97 Å². The molecule has 4 heterocycles. The Morgan fingerprint density at radius 3 is 2.53 bits per heavy atom. The summed E-state index contributed by atoms with van der Waals surface area (Å²) < 4.78 is 2.03. The van der Waals surface area contributed by atoms with Gasteiger partial charge in [-0.1, -0.05) is 23.7 Å². The van der Waals surface area contributed by atoms with E-state index in [1.807, 2.05) is 41.6 Å². The summed E-state index contributed by atoms with van der Waals surface area (Å²) in [5.74, 6) is 0.680. The molecule has 2 aliphatic rings. The summed E-state index contributed by atoms with van der Waals surface area (Å²) >= 11 is 6.41. The molecule has 0 saturated carbocycles. The first-order chi connectivity index (χ1) is 17.4. The number of aromatic nitrogens is 3. The molecule has 8 nitrogen and oxygen atoms in total. The normalized spacial score (nSPS) is 21.1. The molecule has 2 aliphatic heterocycles. The largest absolute Gasteiger partial charge is 0.368 e. The molecule has 5 rings (SSSR count). The van der Waals surface area contributed by atoms with E-state index >= 15 is 0 Å². The van der Waals surface area contributed by atoms with Crippen LogP contribution in [0.25, 0.3) is 0 Å². The Morgan fingerprint density at radius 1 is 1.08 bits per heavy atom. The predicted molar refractivity (Wildman–Crippen MR) is 142 cm³/mol. The van der Waals surface area contributed by atoms with Crippen molar-refractivity contribution < 1.29 is 4.79 Å². The summed E-state index contributed by atoms with van der Waals surface area (Å²) in [6, 6.07) is 11.9. The molecule has 1 aromatic carbocycles. The number of para-hydroxylation sites is 1. The first-order valence-electron chi connectivity index (χ1n) is 12.6. The molecule has 36 heavy (non-hydrogen) atoms. The number of benzene rings is 1. The van der Waals surface area contributed by atoms with Gasteiger partial charge in [0.15, 0.2) is 5.82 Å². The van der Waals surface area contributed by atoms with Crippen molar-refractivity contribution in [1.29, 1.82) is 0 Å². The van der Waals surface area contributed by atoms with Gasteiger partial charge in [-0.3, -0.25) is 9.69 Å². The fraction of sp³-hybridized carbons (Fsp3) is 0.444. The van der Waals surface area contributed by atoms with Crippen molar-refractivity contribution in [2.45, 2.75) is 25.9 Å². The second-order valence-electron chi connectivity index (χ2n) is 9.89. The summed E-state index contributed by atoms with van der Waals surface area (Å²) in [5, 5.41) is 4.21. The fourth-order valence-electron chi connectivity index (χ4n) is 5.33. The van der Waals surface area contributed by atoms with E-state index < -0.39 is 5.54 Å². The lowest BCUT2D eigenvalue weighted by Gasteiger charge is -2.43. The minimum absolute atomic E-state index is 0.0202. The standard InChI is InChI=1S/C27H34ClN7O/c1-20-21(18-33-13-15-34(16-14-33)23-8-5-4-7-22(23)28)17-24(32(20)3)25(36)35-12-11-29-19-27(35,2)26-30-9-6-10-31-26/h4-10,17,29H,11-16,18-19H2,1-3H3. The van der Waals surface area contributed by atoms with E-state index in [1.54, 1.807) is 18.5 Å². The Balaban J connectivity index is 1.31. The van der Waals surface area contributed by atoms with Gasteiger partial charge in [0.1, 0.15) is 11.2 Å². The predicted octanol–water partition coefficient (Wildman–Crippen LogP) is 3.06. The van der Waals surface area contributed by atoms with E-state index in [2.05, 4.69) is 44.1 Å². The Hall–Kier alpha value is -2.94. The molecule has 1 N–H and O–H groups in total. The van der Waals surface area contributed by atoms with Gasteiger partial charge < -0.3 is 19.7 Å². The number of rotatable bonds is 5. The van der Waals surface area contributed by atoms with Gasteiger partial charge >= 0.3 is 0 Å². The minimum atomic E-state index is -0.607. The highest BCUT2D eigenvalue weighted by atomic mass is 35.5. The highest BCUT2D eigenvalue weighted by molar-refractivity contribution is 6.33. The summed E-state index contributed by atoms with van der Waals surface area (Å²) in [5.41, 5.74) is 3.52. The Labute approximate surface area is 217 Å². The molecule has 1 atom stereocenters. The molecule has 9 heteroatoms. The van der Waals surface area contributed by atoms with Crippen LogP contribution in [0, 0.1) is 6.92 Å². The third kappa shape index (κ3) is 4.61. The van der Waals surface area contributed by atoms with Crippen LogP contribution in [0.15, 0.2) is 48.8 Å². The van der Waals surface area contributed by atoms with E-state index in [1.165, 1.54) is 5.56 Å². The first-order valence-corrected chi connectivity index (χ1v) is 12.9. The molecule has 2 saturated heterocycles. The maximum absolute atomic E-state index is 13.9. The van der Waals surface area contributed by atoms with Crippen LogP contribution in [0.3, 0.4) is 0 Å². The molecular formula is C27H34ClN7O. The third-order valence-corrected chi connectivity index (χ3v) is 8.01. The Morgan fingerprint density at radius 2 is 1.81 bits per heavy atom. The third-order valence-electron chi connectivity index (χ3n) is 7.69. The van der Waals surface area contributed by atoms with Gasteiger partial charge in [-0.15, -0.1) is 0 Å². The first kappa shape index (κ1) is 24.7. The van der Waals surface area contributed by atoms with E-state index in [4.69, 9.17) is 11.6 Å². The average molecular weight is 508 g/mol. The van der Waals surface area contributed by atoms with Crippen LogP contribution < -0.4 is 10.2 Å². The topological polar surface area (TPSA) is 69.5 Å². The molecule has 1 unspecified atom stereocenters. The van der Waals surface area contributed by atoms with Crippen LogP contribution >= 0.6 is 11.6 Å². The van der Waals surface area contributed by atoms with Crippen molar-refractivity contribution in [3.63, 3.8) is 0 Å². The molecule has 0 aliphatic carbocycles. The monoisotopic (exact) mass is 507 g/mol. The van der Waals surface area contributed by atoms with Crippen LogP contribution in [0.1, 0.15) is 34.5 Å². The van der Waals surface area contributed by atoms with Crippen molar-refractivity contribution in [3.8, 4) is 0 Å². The van der Waals surface area contributed by atoms with E-state index in [0.29, 0.717) is 24.6 Å². The number of nitrogens with zero attached hydrogens (tertiary/aromatic N) is 6. The Kier molecular flexibility index (Phi) is 7.01. The number of hydrogen-bond donors (Lipinski definition) is 1. The van der Waals surface area contributed by atoms with E-state index in [0.717, 1.165) is 55.7 Å². The molecular weight excluding hydrogens is 474 g/mol. The average Bonchev–Trinajstić information content (AvgIpc) is 3.18. The second-order valence-corrected chi connectivity index (χ2v) is 10.3. The summed E-state index contributed by atoms with van der Waals surface area (Å²) in [6.45, 7) is 10.7. The number of hydrogen-bond acceptors (Lipinski definition) is 6. The number of carbonyl (C=O) groups excluding carboxylic acids is 1. The lowest BCUT2D eigenvalue weighted by Crippen LogP contribution is -2.60. The number of halogens is 1. The molecule has 0 bridgehead atoms. The molecule has 2 aromatic heterocycles. The molecule has 3 aromatic rings. The lowest BCUT2D eigenvalue weighted by molar-refractivity contribution is 0.0378. The second kappa shape index (κ2) is 10.2. The van der Waals surface area contributed by atoms with Crippen LogP contribution in [0.5, 0.6) is 0 Å². The van der Waals surface area contributed by atoms with Crippen molar-refractivity contribution >= 4 is 23.2 Å². The smallest absolute Gasteiger partial charge is 0.271 e. The summed E-state index contributed by atoms with van der Waals surface area (Å²) in [4.78, 5) is 29.6. The number of anilines is 1.